The molecular weight excluding hydrogens is 274 g/mol. The molecule has 0 aliphatic heterocycles. The van der Waals surface area contributed by atoms with E-state index in [9.17, 15) is 0 Å². The fourth-order valence-electron chi connectivity index (χ4n) is 1.07. The van der Waals surface area contributed by atoms with Gasteiger partial charge >= 0.3 is 0 Å². The van der Waals surface area contributed by atoms with Crippen LogP contribution in [0.3, 0.4) is 0 Å². The van der Waals surface area contributed by atoms with Crippen LogP contribution >= 0.6 is 27.3 Å². The number of nitrogens with one attached hydrogen (secondary N) is 1. The Morgan fingerprint density at radius 3 is 3.00 bits per heavy atom. The van der Waals surface area contributed by atoms with Crippen LogP contribution in [-0.2, 0) is 0 Å². The molecular formula is C10H6BrN3S. The maximum Gasteiger partial charge on any atom is 0.188 e. The number of aromatic nitrogens is 1. The highest BCUT2D eigenvalue weighted by Crippen LogP contribution is 2.23. The monoisotopic (exact) mass is 279 g/mol. The van der Waals surface area contributed by atoms with Crippen LogP contribution in [0, 0.1) is 11.3 Å². The highest BCUT2D eigenvalue weighted by Gasteiger charge is 2.01. The molecule has 0 spiro atoms. The predicted molar refractivity (Wildman–Crippen MR) is 64.3 cm³/mol. The van der Waals surface area contributed by atoms with E-state index in [2.05, 4.69) is 32.3 Å². The molecule has 1 aromatic carbocycles. The van der Waals surface area contributed by atoms with Gasteiger partial charge in [0.1, 0.15) is 10.9 Å². The second-order valence-corrected chi connectivity index (χ2v) is 4.72. The van der Waals surface area contributed by atoms with Gasteiger partial charge in [0.25, 0.3) is 0 Å². The van der Waals surface area contributed by atoms with Gasteiger partial charge in [-0.2, -0.15) is 5.26 Å². The van der Waals surface area contributed by atoms with E-state index >= 15 is 0 Å². The Morgan fingerprint density at radius 1 is 1.47 bits per heavy atom. The Hall–Kier alpha value is -1.38. The van der Waals surface area contributed by atoms with Crippen LogP contribution in [0.25, 0.3) is 0 Å². The second-order valence-electron chi connectivity index (χ2n) is 2.78. The topological polar surface area (TPSA) is 48.7 Å². The van der Waals surface area contributed by atoms with Crippen LogP contribution in [-0.4, -0.2) is 4.98 Å². The van der Waals surface area contributed by atoms with Crippen molar-refractivity contribution < 1.29 is 0 Å². The van der Waals surface area contributed by atoms with Crippen molar-refractivity contribution in [1.82, 2.24) is 4.98 Å². The maximum atomic E-state index is 8.65. The van der Waals surface area contributed by atoms with Crippen molar-refractivity contribution in [3.05, 3.63) is 39.8 Å². The first-order valence-electron chi connectivity index (χ1n) is 4.16. The molecule has 0 aliphatic rings. The summed E-state index contributed by atoms with van der Waals surface area (Å²) in [6, 6.07) is 9.83. The fourth-order valence-corrected chi connectivity index (χ4v) is 2.11. The molecule has 0 saturated carbocycles. The Bertz CT molecular complexity index is 515. The molecule has 2 rings (SSSR count). The molecule has 0 unspecified atom stereocenters. The summed E-state index contributed by atoms with van der Waals surface area (Å²) in [6.45, 7) is 0. The third-order valence-electron chi connectivity index (χ3n) is 1.69. The van der Waals surface area contributed by atoms with Gasteiger partial charge < -0.3 is 5.32 Å². The molecule has 0 bridgehead atoms. The number of hydrogen-bond acceptors (Lipinski definition) is 4. The smallest absolute Gasteiger partial charge is 0.188 e. The minimum absolute atomic E-state index is 0.604. The number of halogens is 1. The highest BCUT2D eigenvalue weighted by atomic mass is 79.9. The number of hydrogen-bond donors (Lipinski definition) is 1. The van der Waals surface area contributed by atoms with Crippen LogP contribution in [0.15, 0.2) is 34.9 Å². The van der Waals surface area contributed by atoms with Crippen molar-refractivity contribution in [2.24, 2.45) is 0 Å². The molecule has 0 fully saturated rings. The van der Waals surface area contributed by atoms with E-state index < -0.39 is 0 Å². The van der Waals surface area contributed by atoms with Crippen molar-refractivity contribution >= 4 is 38.1 Å². The van der Waals surface area contributed by atoms with Crippen LogP contribution in [0.4, 0.5) is 10.8 Å². The first-order chi connectivity index (χ1) is 7.28. The third-order valence-corrected chi connectivity index (χ3v) is 3.00. The standard InChI is InChI=1S/C10H6BrN3S/c11-7-2-1-3-8(4-7)14-10-13-6-9(5-12)15-10/h1-4,6H,(H,13,14). The quantitative estimate of drug-likeness (QED) is 0.915. The lowest BCUT2D eigenvalue weighted by atomic mass is 10.3. The SMILES string of the molecule is N#Cc1cnc(Nc2cccc(Br)c2)s1. The number of anilines is 2. The van der Waals surface area contributed by atoms with Gasteiger partial charge in [-0.15, -0.1) is 0 Å². The van der Waals surface area contributed by atoms with Gasteiger partial charge in [-0.3, -0.25) is 0 Å². The van der Waals surface area contributed by atoms with Gasteiger partial charge in [-0.05, 0) is 18.2 Å². The Balaban J connectivity index is 2.19. The molecule has 0 saturated heterocycles. The fraction of sp³-hybridized carbons (Fsp3) is 0. The molecule has 3 nitrogen and oxygen atoms in total. The lowest BCUT2D eigenvalue weighted by Crippen LogP contribution is -1.87. The molecule has 0 atom stereocenters. The molecule has 74 valence electrons. The lowest BCUT2D eigenvalue weighted by molar-refractivity contribution is 1.38. The summed E-state index contributed by atoms with van der Waals surface area (Å²) in [5.41, 5.74) is 0.947. The molecule has 1 heterocycles. The Kier molecular flexibility index (Phi) is 2.99. The van der Waals surface area contributed by atoms with E-state index in [1.54, 1.807) is 6.20 Å². The van der Waals surface area contributed by atoms with Gasteiger partial charge in [0, 0.05) is 10.2 Å². The second kappa shape index (κ2) is 4.43. The molecule has 0 amide bonds. The molecule has 15 heavy (non-hydrogen) atoms. The zero-order valence-electron chi connectivity index (χ0n) is 7.57. The van der Waals surface area contributed by atoms with Crippen LogP contribution in [0.2, 0.25) is 0 Å². The first kappa shape index (κ1) is 10.1. The summed E-state index contributed by atoms with van der Waals surface area (Å²) < 4.78 is 1.00. The molecule has 1 aromatic heterocycles. The first-order valence-corrected chi connectivity index (χ1v) is 5.77. The summed E-state index contributed by atoms with van der Waals surface area (Å²) in [4.78, 5) is 4.69. The van der Waals surface area contributed by atoms with E-state index in [0.29, 0.717) is 4.88 Å². The van der Waals surface area contributed by atoms with E-state index in [-0.39, 0.29) is 0 Å². The normalized spacial score (nSPS) is 9.60. The van der Waals surface area contributed by atoms with E-state index in [1.165, 1.54) is 11.3 Å². The molecule has 1 N–H and O–H groups in total. The maximum absolute atomic E-state index is 8.65. The van der Waals surface area contributed by atoms with Crippen molar-refractivity contribution in [3.63, 3.8) is 0 Å². The van der Waals surface area contributed by atoms with E-state index in [4.69, 9.17) is 5.26 Å². The molecule has 0 aliphatic carbocycles. The highest BCUT2D eigenvalue weighted by molar-refractivity contribution is 9.10. The van der Waals surface area contributed by atoms with Gasteiger partial charge in [-0.1, -0.05) is 33.3 Å². The molecule has 2 aromatic rings. The van der Waals surface area contributed by atoms with Crippen molar-refractivity contribution in [2.45, 2.75) is 0 Å². The van der Waals surface area contributed by atoms with Crippen LogP contribution in [0.1, 0.15) is 4.88 Å². The third kappa shape index (κ3) is 2.55. The zero-order valence-corrected chi connectivity index (χ0v) is 9.97. The average Bonchev–Trinajstić information content (AvgIpc) is 2.65. The largest absolute Gasteiger partial charge is 0.331 e. The van der Waals surface area contributed by atoms with Gasteiger partial charge in [0.05, 0.1) is 6.20 Å². The lowest BCUT2D eigenvalue weighted by Gasteiger charge is -2.01. The van der Waals surface area contributed by atoms with Crippen molar-refractivity contribution in [2.75, 3.05) is 5.32 Å². The number of thiazole rings is 1. The molecule has 0 radical (unpaired) electrons. The predicted octanol–water partition coefficient (Wildman–Crippen LogP) is 3.52. The van der Waals surface area contributed by atoms with Crippen molar-refractivity contribution in [3.8, 4) is 6.07 Å². The number of nitrogens with zero attached hydrogens (tertiary/aromatic N) is 2. The number of rotatable bonds is 2. The summed E-state index contributed by atoms with van der Waals surface area (Å²) in [7, 11) is 0. The van der Waals surface area contributed by atoms with E-state index in [0.717, 1.165) is 15.3 Å². The zero-order chi connectivity index (χ0) is 10.7. The van der Waals surface area contributed by atoms with Crippen LogP contribution < -0.4 is 5.32 Å². The van der Waals surface area contributed by atoms with Gasteiger partial charge in [-0.25, -0.2) is 4.98 Å². The Labute approximate surface area is 99.5 Å². The van der Waals surface area contributed by atoms with E-state index in [1.807, 2.05) is 24.3 Å². The number of nitriles is 1. The minimum Gasteiger partial charge on any atom is -0.331 e. The number of benzene rings is 1. The minimum atomic E-state index is 0.604. The summed E-state index contributed by atoms with van der Waals surface area (Å²) in [5, 5.41) is 12.5. The van der Waals surface area contributed by atoms with Gasteiger partial charge in [0.2, 0.25) is 0 Å². The Morgan fingerprint density at radius 2 is 2.33 bits per heavy atom. The summed E-state index contributed by atoms with van der Waals surface area (Å²) in [5.74, 6) is 0. The van der Waals surface area contributed by atoms with Gasteiger partial charge in [0.15, 0.2) is 5.13 Å². The average molecular weight is 280 g/mol. The summed E-state index contributed by atoms with van der Waals surface area (Å²) in [6.07, 6.45) is 1.56. The van der Waals surface area contributed by atoms with Crippen LogP contribution in [0.5, 0.6) is 0 Å². The molecule has 5 heteroatoms. The van der Waals surface area contributed by atoms with Crippen molar-refractivity contribution in [1.29, 1.82) is 5.26 Å². The summed E-state index contributed by atoms with van der Waals surface area (Å²) >= 11 is 4.72.